The molecule has 0 saturated heterocycles. The number of amides is 1. The van der Waals surface area contributed by atoms with Crippen LogP contribution in [-0.4, -0.2) is 37.8 Å². The van der Waals surface area contributed by atoms with Crippen molar-refractivity contribution >= 4 is 22.4 Å². The lowest BCUT2D eigenvalue weighted by atomic mass is 10.1. The van der Waals surface area contributed by atoms with E-state index in [4.69, 9.17) is 4.74 Å². The van der Waals surface area contributed by atoms with Crippen LogP contribution < -0.4 is 10.2 Å². The number of benzene rings is 1. The smallest absolute Gasteiger partial charge is 0.354 e. The van der Waals surface area contributed by atoms with Crippen molar-refractivity contribution in [3.8, 4) is 0 Å². The van der Waals surface area contributed by atoms with Crippen LogP contribution in [0.5, 0.6) is 0 Å². The third kappa shape index (κ3) is 5.71. The zero-order chi connectivity index (χ0) is 18.4. The largest absolute Gasteiger partial charge is 0.418 e. The monoisotopic (exact) mass is 373 g/mol. The van der Waals surface area contributed by atoms with Crippen molar-refractivity contribution in [1.82, 2.24) is 10.3 Å². The van der Waals surface area contributed by atoms with Crippen molar-refractivity contribution in [1.29, 1.82) is 0 Å². The lowest BCUT2D eigenvalue weighted by Gasteiger charge is -2.20. The molecule has 5 nitrogen and oxygen atoms in total. The number of carbonyl (C=O) groups is 1. The first-order valence-electron chi connectivity index (χ1n) is 7.39. The van der Waals surface area contributed by atoms with Gasteiger partial charge in [0.1, 0.15) is 6.61 Å². The predicted octanol–water partition coefficient (Wildman–Crippen LogP) is 3.15. The van der Waals surface area contributed by atoms with Crippen molar-refractivity contribution in [3.63, 3.8) is 0 Å². The van der Waals surface area contributed by atoms with Crippen LogP contribution in [-0.2, 0) is 16.1 Å². The third-order valence-electron chi connectivity index (χ3n) is 3.17. The fourth-order valence-electron chi connectivity index (χ4n) is 1.99. The fourth-order valence-corrected chi connectivity index (χ4v) is 2.75. The van der Waals surface area contributed by atoms with Gasteiger partial charge in [-0.1, -0.05) is 30.3 Å². The average molecular weight is 373 g/mol. The van der Waals surface area contributed by atoms with Crippen LogP contribution in [0.2, 0.25) is 0 Å². The number of aromatic nitrogens is 1. The summed E-state index contributed by atoms with van der Waals surface area (Å²) in [4.78, 5) is 17.9. The normalized spacial score (nSPS) is 12.7. The molecule has 1 heterocycles. The number of thiazole rings is 1. The molecule has 9 heteroatoms. The summed E-state index contributed by atoms with van der Waals surface area (Å²) in [7, 11) is 3.69. The molecule has 0 aliphatic heterocycles. The van der Waals surface area contributed by atoms with E-state index in [9.17, 15) is 18.0 Å². The number of rotatable bonds is 7. The molecule has 0 aliphatic carbocycles. The maximum Gasteiger partial charge on any atom is 0.418 e. The van der Waals surface area contributed by atoms with E-state index in [1.807, 2.05) is 19.0 Å². The molecule has 1 aromatic carbocycles. The quantitative estimate of drug-likeness (QED) is 0.810. The minimum atomic E-state index is -4.60. The molecule has 1 atom stereocenters. The summed E-state index contributed by atoms with van der Waals surface area (Å²) >= 11 is 1.41. The van der Waals surface area contributed by atoms with E-state index in [1.54, 1.807) is 11.4 Å². The number of anilines is 1. The number of alkyl halides is 3. The molecule has 2 aromatic rings. The Morgan fingerprint density at radius 3 is 2.56 bits per heavy atom. The SMILES string of the molecule is CN(C)c1nc(CNC(=O)CO[C@@H](c2ccccc2)C(F)(F)F)cs1. The summed E-state index contributed by atoms with van der Waals surface area (Å²) in [5.74, 6) is -0.635. The van der Waals surface area contributed by atoms with Gasteiger partial charge in [0.05, 0.1) is 12.2 Å². The molecule has 0 radical (unpaired) electrons. The maximum absolute atomic E-state index is 13.1. The van der Waals surface area contributed by atoms with Gasteiger partial charge in [0.2, 0.25) is 5.91 Å². The Morgan fingerprint density at radius 1 is 1.32 bits per heavy atom. The number of nitrogens with zero attached hydrogens (tertiary/aromatic N) is 2. The van der Waals surface area contributed by atoms with Crippen molar-refractivity contribution in [2.45, 2.75) is 18.8 Å². The zero-order valence-electron chi connectivity index (χ0n) is 13.7. The van der Waals surface area contributed by atoms with Gasteiger partial charge in [-0.05, 0) is 5.56 Å². The van der Waals surface area contributed by atoms with Gasteiger partial charge in [-0.15, -0.1) is 11.3 Å². The molecule has 136 valence electrons. The summed E-state index contributed by atoms with van der Waals surface area (Å²) in [6.45, 7) is -0.557. The molecular weight excluding hydrogens is 355 g/mol. The molecule has 0 saturated carbocycles. The number of nitrogens with one attached hydrogen (secondary N) is 1. The van der Waals surface area contributed by atoms with E-state index in [-0.39, 0.29) is 12.1 Å². The molecule has 1 aromatic heterocycles. The van der Waals surface area contributed by atoms with Gasteiger partial charge in [0, 0.05) is 19.5 Å². The Balaban J connectivity index is 1.88. The number of carbonyl (C=O) groups excluding carboxylic acids is 1. The summed E-state index contributed by atoms with van der Waals surface area (Å²) in [5.41, 5.74) is 0.593. The van der Waals surface area contributed by atoms with E-state index in [1.165, 1.54) is 35.6 Å². The fraction of sp³-hybridized carbons (Fsp3) is 0.375. The van der Waals surface area contributed by atoms with Crippen molar-refractivity contribution in [3.05, 3.63) is 47.0 Å². The van der Waals surface area contributed by atoms with E-state index >= 15 is 0 Å². The summed E-state index contributed by atoms with van der Waals surface area (Å²) in [5, 5.41) is 5.06. The number of hydrogen-bond acceptors (Lipinski definition) is 5. The van der Waals surface area contributed by atoms with Gasteiger partial charge in [-0.3, -0.25) is 4.79 Å². The average Bonchev–Trinajstić information content (AvgIpc) is 3.02. The van der Waals surface area contributed by atoms with Crippen LogP contribution in [0, 0.1) is 0 Å². The Bertz CT molecular complexity index is 689. The first-order chi connectivity index (χ1) is 11.8. The van der Waals surface area contributed by atoms with Gasteiger partial charge >= 0.3 is 6.18 Å². The minimum absolute atomic E-state index is 0.0436. The van der Waals surface area contributed by atoms with Gasteiger partial charge in [0.15, 0.2) is 11.2 Å². The van der Waals surface area contributed by atoms with Gasteiger partial charge in [0.25, 0.3) is 0 Å². The number of hydrogen-bond donors (Lipinski definition) is 1. The molecule has 2 rings (SSSR count). The van der Waals surface area contributed by atoms with Gasteiger partial charge < -0.3 is 15.0 Å². The van der Waals surface area contributed by atoms with Crippen molar-refractivity contribution in [2.75, 3.05) is 25.6 Å². The molecule has 0 bridgehead atoms. The second-order valence-corrected chi connectivity index (χ2v) is 6.27. The van der Waals surface area contributed by atoms with Crippen LogP contribution in [0.4, 0.5) is 18.3 Å². The molecule has 0 aliphatic rings. The molecule has 0 fully saturated rings. The van der Waals surface area contributed by atoms with Crippen LogP contribution in [0.3, 0.4) is 0 Å². The summed E-state index contributed by atoms with van der Waals surface area (Å²) in [6.07, 6.45) is -6.74. The number of ether oxygens (including phenoxy) is 1. The first kappa shape index (κ1) is 19.2. The summed E-state index contributed by atoms with van der Waals surface area (Å²) in [6, 6.07) is 7.21. The highest BCUT2D eigenvalue weighted by molar-refractivity contribution is 7.13. The van der Waals surface area contributed by atoms with Crippen LogP contribution >= 0.6 is 11.3 Å². The molecule has 0 unspecified atom stereocenters. The van der Waals surface area contributed by atoms with Crippen molar-refractivity contribution in [2.24, 2.45) is 0 Å². The van der Waals surface area contributed by atoms with E-state index in [2.05, 4.69) is 10.3 Å². The minimum Gasteiger partial charge on any atom is -0.354 e. The highest BCUT2D eigenvalue weighted by Gasteiger charge is 2.42. The summed E-state index contributed by atoms with van der Waals surface area (Å²) < 4.78 is 44.2. The van der Waals surface area contributed by atoms with Crippen LogP contribution in [0.25, 0.3) is 0 Å². The Kier molecular flexibility index (Phi) is 6.38. The molecule has 0 spiro atoms. The zero-order valence-corrected chi connectivity index (χ0v) is 14.5. The molecule has 1 N–H and O–H groups in total. The second kappa shape index (κ2) is 8.30. The number of halogens is 3. The standard InChI is InChI=1S/C16H18F3N3O2S/c1-22(2)15-21-12(10-25-15)8-20-13(23)9-24-14(16(17,18)19)11-6-4-3-5-7-11/h3-7,10,14H,8-9H2,1-2H3,(H,20,23)/t14-/m0/s1. The van der Waals surface area contributed by atoms with Crippen LogP contribution in [0.1, 0.15) is 17.4 Å². The predicted molar refractivity (Wildman–Crippen MR) is 89.5 cm³/mol. The topological polar surface area (TPSA) is 54.5 Å². The van der Waals surface area contributed by atoms with Crippen molar-refractivity contribution < 1.29 is 22.7 Å². The highest BCUT2D eigenvalue weighted by atomic mass is 32.1. The van der Waals surface area contributed by atoms with Gasteiger partial charge in [-0.2, -0.15) is 13.2 Å². The second-order valence-electron chi connectivity index (χ2n) is 5.44. The first-order valence-corrected chi connectivity index (χ1v) is 8.27. The van der Waals surface area contributed by atoms with E-state index in [0.717, 1.165) is 5.13 Å². The lowest BCUT2D eigenvalue weighted by molar-refractivity contribution is -0.223. The van der Waals surface area contributed by atoms with Crippen LogP contribution in [0.15, 0.2) is 35.7 Å². The molecule has 25 heavy (non-hydrogen) atoms. The molecular formula is C16H18F3N3O2S. The Labute approximate surface area is 147 Å². The Morgan fingerprint density at radius 2 is 2.00 bits per heavy atom. The van der Waals surface area contributed by atoms with Gasteiger partial charge in [-0.25, -0.2) is 4.98 Å². The highest BCUT2D eigenvalue weighted by Crippen LogP contribution is 2.35. The van der Waals surface area contributed by atoms with E-state index < -0.39 is 24.8 Å². The molecule has 1 amide bonds. The third-order valence-corrected chi connectivity index (χ3v) is 4.23. The Hall–Kier alpha value is -2.13. The maximum atomic E-state index is 13.1. The van der Waals surface area contributed by atoms with E-state index in [0.29, 0.717) is 5.69 Å². The lowest BCUT2D eigenvalue weighted by Crippen LogP contribution is -2.31.